The van der Waals surface area contributed by atoms with E-state index in [1.807, 2.05) is 42.5 Å². The first-order valence-electron chi connectivity index (χ1n) is 9.07. The number of benzene rings is 3. The van der Waals surface area contributed by atoms with Crippen LogP contribution in [0.3, 0.4) is 0 Å². The predicted octanol–water partition coefficient (Wildman–Crippen LogP) is 3.88. The lowest BCUT2D eigenvalue weighted by atomic mass is 10.2. The molecule has 3 aromatic carbocycles. The van der Waals surface area contributed by atoms with Crippen LogP contribution in [-0.2, 0) is 0 Å². The highest BCUT2D eigenvalue weighted by Gasteiger charge is 2.23. The van der Waals surface area contributed by atoms with E-state index in [9.17, 15) is 10.5 Å². The molecule has 0 amide bonds. The lowest BCUT2D eigenvalue weighted by molar-refractivity contribution is 1.15. The molecule has 132 valence electrons. The molecule has 0 radical (unpaired) electrons. The zero-order chi connectivity index (χ0) is 19.3. The monoisotopic (exact) mass is 371 g/mol. The Morgan fingerprint density at radius 2 is 1.14 bits per heavy atom. The van der Waals surface area contributed by atoms with E-state index in [4.69, 9.17) is 9.97 Å². The van der Waals surface area contributed by atoms with Gasteiger partial charge in [-0.3, -0.25) is 8.80 Å². The van der Waals surface area contributed by atoms with Crippen LogP contribution in [0.4, 0.5) is 0 Å². The van der Waals surface area contributed by atoms with E-state index in [-0.39, 0.29) is 0 Å². The summed E-state index contributed by atoms with van der Waals surface area (Å²) in [6.45, 7) is 0. The molecule has 4 heterocycles. The molecule has 7 aromatic rings. The summed E-state index contributed by atoms with van der Waals surface area (Å²) < 4.78 is 6.28. The second-order valence-electron chi connectivity index (χ2n) is 7.11. The minimum Gasteiger partial charge on any atom is -0.276 e. The van der Waals surface area contributed by atoms with Crippen molar-refractivity contribution < 1.29 is 0 Å². The van der Waals surface area contributed by atoms with Crippen LogP contribution in [0.25, 0.3) is 50.2 Å². The average Bonchev–Trinajstić information content (AvgIpc) is 3.46. The van der Waals surface area contributed by atoms with Crippen LogP contribution in [0.15, 0.2) is 54.6 Å². The summed E-state index contributed by atoms with van der Waals surface area (Å²) in [7, 11) is 0. The molecule has 7 nitrogen and oxygen atoms in total. The van der Waals surface area contributed by atoms with Gasteiger partial charge in [0.2, 0.25) is 11.6 Å². The highest BCUT2D eigenvalue weighted by Crippen LogP contribution is 2.34. The van der Waals surface area contributed by atoms with Crippen molar-refractivity contribution >= 4 is 50.2 Å². The highest BCUT2D eigenvalue weighted by atomic mass is 15.3. The Kier molecular flexibility index (Phi) is 2.30. The number of imidazole rings is 4. The number of hydrogen-bond acceptors (Lipinski definition) is 4. The van der Waals surface area contributed by atoms with Crippen molar-refractivity contribution in [2.45, 2.75) is 0 Å². The molecule has 0 aliphatic carbocycles. The summed E-state index contributed by atoms with van der Waals surface area (Å²) in [6, 6.07) is 21.7. The Morgan fingerprint density at radius 3 is 1.62 bits per heavy atom. The Hall–Kier alpha value is -4.62. The number of nitriles is 2. The van der Waals surface area contributed by atoms with Crippen molar-refractivity contribution in [2.24, 2.45) is 0 Å². The Balaban J connectivity index is 1.78. The third kappa shape index (κ3) is 1.54. The van der Waals surface area contributed by atoms with Gasteiger partial charge in [-0.15, -0.1) is 0 Å². The molecule has 4 aromatic heterocycles. The molecule has 0 aliphatic rings. The third-order valence-corrected chi connectivity index (χ3v) is 5.63. The summed E-state index contributed by atoms with van der Waals surface area (Å²) in [5.41, 5.74) is 7.76. The van der Waals surface area contributed by atoms with Gasteiger partial charge in [-0.25, -0.2) is 14.4 Å². The average molecular weight is 371 g/mol. The quantitative estimate of drug-likeness (QED) is 0.405. The summed E-state index contributed by atoms with van der Waals surface area (Å²) in [5, 5.41) is 18.5. The van der Waals surface area contributed by atoms with Crippen molar-refractivity contribution in [3.63, 3.8) is 0 Å². The van der Waals surface area contributed by atoms with Gasteiger partial charge in [0, 0.05) is 0 Å². The van der Waals surface area contributed by atoms with Gasteiger partial charge in [-0.1, -0.05) is 6.07 Å². The van der Waals surface area contributed by atoms with Crippen LogP contribution >= 0.6 is 0 Å². The SMILES string of the molecule is N#Cc1ccc2c(c1)nc1n2c2cccc3c2n1c1nc2cc(C#N)ccc2n31. The Labute approximate surface area is 162 Å². The van der Waals surface area contributed by atoms with E-state index in [2.05, 4.69) is 37.5 Å². The fraction of sp³-hybridized carbons (Fsp3) is 0. The van der Waals surface area contributed by atoms with Gasteiger partial charge in [0.25, 0.3) is 0 Å². The molecule has 0 bridgehead atoms. The van der Waals surface area contributed by atoms with Crippen LogP contribution in [0, 0.1) is 22.7 Å². The van der Waals surface area contributed by atoms with Crippen LogP contribution in [0.2, 0.25) is 0 Å². The van der Waals surface area contributed by atoms with Gasteiger partial charge in [-0.05, 0) is 48.5 Å². The summed E-state index contributed by atoms with van der Waals surface area (Å²) in [5.74, 6) is 1.51. The number of fused-ring (bicyclic) bond motifs is 10. The molecule has 0 spiro atoms. The number of rotatable bonds is 0. The van der Waals surface area contributed by atoms with Gasteiger partial charge in [-0.2, -0.15) is 10.5 Å². The van der Waals surface area contributed by atoms with Crippen molar-refractivity contribution in [3.8, 4) is 12.1 Å². The fourth-order valence-electron chi connectivity index (χ4n) is 4.45. The highest BCUT2D eigenvalue weighted by molar-refractivity contribution is 6.03. The Morgan fingerprint density at radius 1 is 0.621 bits per heavy atom. The van der Waals surface area contributed by atoms with E-state index in [0.29, 0.717) is 11.1 Å². The van der Waals surface area contributed by atoms with Crippen LogP contribution in [0.1, 0.15) is 11.1 Å². The Bertz CT molecular complexity index is 1750. The molecule has 0 aliphatic heterocycles. The van der Waals surface area contributed by atoms with Gasteiger partial charge in [0.15, 0.2) is 0 Å². The van der Waals surface area contributed by atoms with Gasteiger partial charge < -0.3 is 0 Å². The molecule has 7 rings (SSSR count). The molecule has 0 fully saturated rings. The zero-order valence-electron chi connectivity index (χ0n) is 14.8. The molecule has 29 heavy (non-hydrogen) atoms. The maximum absolute atomic E-state index is 9.23. The van der Waals surface area contributed by atoms with Gasteiger partial charge in [0.1, 0.15) is 5.52 Å². The maximum Gasteiger partial charge on any atom is 0.223 e. The van der Waals surface area contributed by atoms with Crippen molar-refractivity contribution in [1.82, 2.24) is 23.2 Å². The molecule has 0 N–H and O–H groups in total. The molecule has 7 heteroatoms. The number of aromatic nitrogens is 5. The molecule has 0 unspecified atom stereocenters. The minimum atomic E-state index is 0.584. The number of para-hydroxylation sites is 1. The molecule has 0 saturated heterocycles. The lowest BCUT2D eigenvalue weighted by Crippen LogP contribution is -1.87. The fourth-order valence-corrected chi connectivity index (χ4v) is 4.45. The van der Waals surface area contributed by atoms with Crippen molar-refractivity contribution in [2.75, 3.05) is 0 Å². The van der Waals surface area contributed by atoms with E-state index >= 15 is 0 Å². The molecular weight excluding hydrogens is 362 g/mol. The van der Waals surface area contributed by atoms with Gasteiger partial charge in [0.05, 0.1) is 56.4 Å². The van der Waals surface area contributed by atoms with Gasteiger partial charge >= 0.3 is 0 Å². The first kappa shape index (κ1) is 14.4. The van der Waals surface area contributed by atoms with Crippen LogP contribution in [-0.4, -0.2) is 23.2 Å². The second-order valence-corrected chi connectivity index (χ2v) is 7.11. The zero-order valence-corrected chi connectivity index (χ0v) is 14.8. The third-order valence-electron chi connectivity index (χ3n) is 5.63. The normalized spacial score (nSPS) is 12.1. The number of hydrogen-bond donors (Lipinski definition) is 0. The first-order chi connectivity index (χ1) is 14.3. The predicted molar refractivity (Wildman–Crippen MR) is 108 cm³/mol. The summed E-state index contributed by atoms with van der Waals surface area (Å²) >= 11 is 0. The first-order valence-corrected chi connectivity index (χ1v) is 9.07. The number of nitrogens with zero attached hydrogens (tertiary/aromatic N) is 7. The van der Waals surface area contributed by atoms with Crippen molar-refractivity contribution in [1.29, 1.82) is 10.5 Å². The van der Waals surface area contributed by atoms with Crippen molar-refractivity contribution in [3.05, 3.63) is 65.7 Å². The molecular formula is C22H9N7. The largest absolute Gasteiger partial charge is 0.276 e. The molecule has 0 saturated carbocycles. The smallest absolute Gasteiger partial charge is 0.223 e. The lowest BCUT2D eigenvalue weighted by Gasteiger charge is -1.97. The minimum absolute atomic E-state index is 0.584. The van der Waals surface area contributed by atoms with E-state index in [1.165, 1.54) is 0 Å². The molecule has 0 atom stereocenters. The summed E-state index contributed by atoms with van der Waals surface area (Å²) in [6.07, 6.45) is 0. The van der Waals surface area contributed by atoms with Crippen LogP contribution < -0.4 is 0 Å². The standard InChI is InChI=1S/C22H9N7/c23-10-12-4-6-16-14(8-12)25-21-27(16)18-2-1-3-19-20(18)29(21)22-26-15-9-13(11-24)5-7-17(15)28(19)22/h1-9H. The summed E-state index contributed by atoms with van der Waals surface area (Å²) in [4.78, 5) is 9.67. The van der Waals surface area contributed by atoms with E-state index < -0.39 is 0 Å². The topological polar surface area (TPSA) is 86.6 Å². The van der Waals surface area contributed by atoms with Crippen LogP contribution in [0.5, 0.6) is 0 Å². The second kappa shape index (κ2) is 4.61. The van der Waals surface area contributed by atoms with E-state index in [1.54, 1.807) is 0 Å². The maximum atomic E-state index is 9.23. The van der Waals surface area contributed by atoms with E-state index in [0.717, 1.165) is 50.2 Å².